The van der Waals surface area contributed by atoms with Crippen molar-refractivity contribution >= 4 is 34.8 Å². The molecule has 0 atom stereocenters. The first-order valence-electron chi connectivity index (χ1n) is 5.88. The molecule has 2 N–H and O–H groups in total. The average molecular weight is 329 g/mol. The monoisotopic (exact) mass is 328 g/mol. The topological polar surface area (TPSA) is 79.3 Å². The third-order valence-electron chi connectivity index (χ3n) is 2.57. The maximum absolute atomic E-state index is 13.5. The maximum atomic E-state index is 13.5. The van der Waals surface area contributed by atoms with Crippen LogP contribution >= 0.6 is 22.9 Å². The number of aromatic nitrogens is 1. The highest BCUT2D eigenvalue weighted by atomic mass is 35.5. The van der Waals surface area contributed by atoms with Crippen LogP contribution in [0.5, 0.6) is 0 Å². The van der Waals surface area contributed by atoms with Crippen molar-refractivity contribution in [2.75, 3.05) is 6.54 Å². The lowest BCUT2D eigenvalue weighted by Crippen LogP contribution is -2.26. The largest absolute Gasteiger partial charge is 0.476 e. The van der Waals surface area contributed by atoms with Crippen molar-refractivity contribution in [1.29, 1.82) is 0 Å². The molecule has 0 radical (unpaired) electrons. The number of benzene rings is 1. The molecule has 0 spiro atoms. The van der Waals surface area contributed by atoms with Gasteiger partial charge in [0.25, 0.3) is 5.91 Å². The Morgan fingerprint density at radius 3 is 2.86 bits per heavy atom. The number of aromatic carboxylic acids is 1. The first-order valence-corrected chi connectivity index (χ1v) is 7.14. The summed E-state index contributed by atoms with van der Waals surface area (Å²) < 4.78 is 13.5. The molecule has 0 saturated carbocycles. The number of hydrogen-bond donors (Lipinski definition) is 2. The smallest absolute Gasteiger partial charge is 0.355 e. The molecule has 1 aromatic carbocycles. The van der Waals surface area contributed by atoms with Crippen LogP contribution in [0, 0.1) is 5.82 Å². The Balaban J connectivity index is 1.92. The summed E-state index contributed by atoms with van der Waals surface area (Å²) in [5.41, 5.74) is -0.157. The van der Waals surface area contributed by atoms with Gasteiger partial charge in [0.15, 0.2) is 5.69 Å². The Morgan fingerprint density at radius 1 is 1.43 bits per heavy atom. The molecule has 110 valence electrons. The van der Waals surface area contributed by atoms with Gasteiger partial charge in [-0.2, -0.15) is 0 Å². The van der Waals surface area contributed by atoms with Crippen LogP contribution in [-0.2, 0) is 6.42 Å². The fourth-order valence-electron chi connectivity index (χ4n) is 1.57. The van der Waals surface area contributed by atoms with Crippen LogP contribution in [0.4, 0.5) is 4.39 Å². The van der Waals surface area contributed by atoms with Gasteiger partial charge < -0.3 is 10.4 Å². The molecule has 5 nitrogen and oxygen atoms in total. The Labute approximate surface area is 128 Å². The van der Waals surface area contributed by atoms with Gasteiger partial charge in [-0.3, -0.25) is 4.79 Å². The van der Waals surface area contributed by atoms with Gasteiger partial charge in [-0.05, 0) is 18.2 Å². The number of carboxylic acid groups (broad SMARTS) is 1. The summed E-state index contributed by atoms with van der Waals surface area (Å²) in [6, 6.07) is 3.73. The summed E-state index contributed by atoms with van der Waals surface area (Å²) in [5.74, 6) is -2.33. The lowest BCUT2D eigenvalue weighted by Gasteiger charge is -2.05. The minimum absolute atomic E-state index is 0.0257. The maximum Gasteiger partial charge on any atom is 0.355 e. The molecule has 0 saturated heterocycles. The summed E-state index contributed by atoms with van der Waals surface area (Å²) >= 11 is 6.91. The second kappa shape index (κ2) is 6.64. The van der Waals surface area contributed by atoms with E-state index < -0.39 is 17.7 Å². The highest BCUT2D eigenvalue weighted by Crippen LogP contribution is 2.15. The number of carbonyl (C=O) groups is 2. The second-order valence-electron chi connectivity index (χ2n) is 4.06. The summed E-state index contributed by atoms with van der Waals surface area (Å²) in [6.45, 7) is 0.220. The molecule has 21 heavy (non-hydrogen) atoms. The first kappa shape index (κ1) is 15.4. The van der Waals surface area contributed by atoms with Crippen molar-refractivity contribution in [3.8, 4) is 0 Å². The highest BCUT2D eigenvalue weighted by Gasteiger charge is 2.13. The number of nitrogens with zero attached hydrogens (tertiary/aromatic N) is 1. The van der Waals surface area contributed by atoms with Crippen LogP contribution in [0.2, 0.25) is 5.02 Å². The van der Waals surface area contributed by atoms with Gasteiger partial charge in [0, 0.05) is 23.4 Å². The number of carbonyl (C=O) groups excluding carboxylic acids is 1. The van der Waals surface area contributed by atoms with Gasteiger partial charge in [-0.15, -0.1) is 11.3 Å². The third-order valence-corrected chi connectivity index (χ3v) is 3.71. The first-order chi connectivity index (χ1) is 9.97. The van der Waals surface area contributed by atoms with Crippen LogP contribution in [0.15, 0.2) is 23.6 Å². The van der Waals surface area contributed by atoms with E-state index in [1.165, 1.54) is 28.8 Å². The van der Waals surface area contributed by atoms with Crippen LogP contribution in [0.3, 0.4) is 0 Å². The molecule has 0 aliphatic rings. The number of hydrogen-bond acceptors (Lipinski definition) is 4. The van der Waals surface area contributed by atoms with Gasteiger partial charge in [0.1, 0.15) is 5.82 Å². The Kier molecular flexibility index (Phi) is 4.87. The normalized spacial score (nSPS) is 10.4. The van der Waals surface area contributed by atoms with Crippen LogP contribution < -0.4 is 5.32 Å². The number of rotatable bonds is 5. The van der Waals surface area contributed by atoms with E-state index in [1.54, 1.807) is 0 Å². The summed E-state index contributed by atoms with van der Waals surface area (Å²) in [7, 11) is 0. The van der Waals surface area contributed by atoms with Crippen molar-refractivity contribution in [2.45, 2.75) is 6.42 Å². The highest BCUT2D eigenvalue weighted by molar-refractivity contribution is 7.09. The molecule has 2 rings (SSSR count). The minimum atomic E-state index is -1.09. The number of amides is 1. The summed E-state index contributed by atoms with van der Waals surface area (Å²) in [4.78, 5) is 26.4. The van der Waals surface area contributed by atoms with E-state index in [0.717, 1.165) is 6.07 Å². The number of carboxylic acids is 1. The molecular formula is C13H10ClFN2O3S. The molecule has 0 unspecified atom stereocenters. The molecule has 0 aliphatic carbocycles. The zero-order chi connectivity index (χ0) is 15.4. The SMILES string of the molecule is O=C(O)c1csc(CCNC(=O)c2cc(Cl)ccc2F)n1. The van der Waals surface area contributed by atoms with E-state index in [-0.39, 0.29) is 22.8 Å². The molecule has 1 amide bonds. The van der Waals surface area contributed by atoms with Crippen LogP contribution in [-0.4, -0.2) is 28.5 Å². The van der Waals surface area contributed by atoms with Crippen molar-refractivity contribution < 1.29 is 19.1 Å². The number of halogens is 2. The van der Waals surface area contributed by atoms with Gasteiger partial charge in [-0.1, -0.05) is 11.6 Å². The van der Waals surface area contributed by atoms with E-state index in [0.29, 0.717) is 11.4 Å². The molecule has 0 bridgehead atoms. The zero-order valence-corrected chi connectivity index (χ0v) is 12.2. The predicted molar refractivity (Wildman–Crippen MR) is 76.5 cm³/mol. The number of thiazole rings is 1. The van der Waals surface area contributed by atoms with E-state index >= 15 is 0 Å². The zero-order valence-electron chi connectivity index (χ0n) is 10.6. The van der Waals surface area contributed by atoms with Crippen molar-refractivity contribution in [3.05, 3.63) is 50.7 Å². The molecule has 0 fully saturated rings. The lowest BCUT2D eigenvalue weighted by atomic mass is 10.2. The van der Waals surface area contributed by atoms with Crippen molar-refractivity contribution in [3.63, 3.8) is 0 Å². The molecule has 8 heteroatoms. The summed E-state index contributed by atoms with van der Waals surface area (Å²) in [6.07, 6.45) is 0.367. The molecule has 2 aromatic rings. The second-order valence-corrected chi connectivity index (χ2v) is 5.44. The molecular weight excluding hydrogens is 319 g/mol. The number of nitrogens with one attached hydrogen (secondary N) is 1. The summed E-state index contributed by atoms with van der Waals surface area (Å²) in [5, 5.41) is 13.6. The predicted octanol–water partition coefficient (Wildman–Crippen LogP) is 2.61. The van der Waals surface area contributed by atoms with Gasteiger partial charge in [0.2, 0.25) is 0 Å². The third kappa shape index (κ3) is 3.99. The van der Waals surface area contributed by atoms with E-state index in [9.17, 15) is 14.0 Å². The Bertz CT molecular complexity index is 690. The molecule has 0 aliphatic heterocycles. The van der Waals surface area contributed by atoms with E-state index in [2.05, 4.69) is 10.3 Å². The lowest BCUT2D eigenvalue weighted by molar-refractivity contribution is 0.0690. The van der Waals surface area contributed by atoms with E-state index in [4.69, 9.17) is 16.7 Å². The molecule has 1 aromatic heterocycles. The Morgan fingerprint density at radius 2 is 2.19 bits per heavy atom. The Hall–Kier alpha value is -1.99. The van der Waals surface area contributed by atoms with Crippen molar-refractivity contribution in [2.24, 2.45) is 0 Å². The average Bonchev–Trinajstić information content (AvgIpc) is 2.90. The quantitative estimate of drug-likeness (QED) is 0.884. The fourth-order valence-corrected chi connectivity index (χ4v) is 2.52. The molecule has 1 heterocycles. The van der Waals surface area contributed by atoms with Gasteiger partial charge in [0.05, 0.1) is 10.6 Å². The van der Waals surface area contributed by atoms with Crippen molar-refractivity contribution in [1.82, 2.24) is 10.3 Å². The van der Waals surface area contributed by atoms with E-state index in [1.807, 2.05) is 0 Å². The van der Waals surface area contributed by atoms with Crippen LogP contribution in [0.25, 0.3) is 0 Å². The van der Waals surface area contributed by atoms with Crippen LogP contribution in [0.1, 0.15) is 25.9 Å². The fraction of sp³-hybridized carbons (Fsp3) is 0.154. The minimum Gasteiger partial charge on any atom is -0.476 e. The van der Waals surface area contributed by atoms with Gasteiger partial charge >= 0.3 is 5.97 Å². The van der Waals surface area contributed by atoms with Gasteiger partial charge in [-0.25, -0.2) is 14.2 Å². The standard InChI is InChI=1S/C13H10ClFN2O3S/c14-7-1-2-9(15)8(5-7)12(18)16-4-3-11-17-10(6-21-11)13(19)20/h1-2,5-6H,3-4H2,(H,16,18)(H,19,20).